The van der Waals surface area contributed by atoms with E-state index in [4.69, 9.17) is 17.5 Å². The molecule has 4 heteroatoms. The first-order valence-corrected chi connectivity index (χ1v) is 8.15. The standard InChI is InChI=1S/C17H23N3S/c1-13(2)7-5-3-4-6-10-20-16-11-14(12-18)8-9-15(16)19-17(20)21/h8-9,11,13H,3-7,10H2,1-2H3,(H,19,21). The molecule has 0 saturated heterocycles. The lowest BCUT2D eigenvalue weighted by molar-refractivity contribution is 0.507. The molecule has 0 fully saturated rings. The minimum atomic E-state index is 0.683. The van der Waals surface area contributed by atoms with Crippen molar-refractivity contribution in [1.82, 2.24) is 9.55 Å². The van der Waals surface area contributed by atoms with Crippen LogP contribution in [0.3, 0.4) is 0 Å². The summed E-state index contributed by atoms with van der Waals surface area (Å²) in [5, 5.41) is 9.02. The molecular formula is C17H23N3S. The lowest BCUT2D eigenvalue weighted by Gasteiger charge is -2.06. The minimum Gasteiger partial charge on any atom is -0.331 e. The van der Waals surface area contributed by atoms with Crippen molar-refractivity contribution in [2.45, 2.75) is 52.5 Å². The second-order valence-corrected chi connectivity index (χ2v) is 6.41. The highest BCUT2D eigenvalue weighted by Gasteiger charge is 2.05. The number of hydrogen-bond acceptors (Lipinski definition) is 2. The van der Waals surface area contributed by atoms with E-state index in [1.165, 1.54) is 25.7 Å². The highest BCUT2D eigenvalue weighted by Crippen LogP contribution is 2.17. The van der Waals surface area contributed by atoms with E-state index >= 15 is 0 Å². The highest BCUT2D eigenvalue weighted by molar-refractivity contribution is 7.71. The quantitative estimate of drug-likeness (QED) is 0.566. The number of aryl methyl sites for hydroxylation is 1. The van der Waals surface area contributed by atoms with Gasteiger partial charge in [-0.25, -0.2) is 0 Å². The van der Waals surface area contributed by atoms with Crippen LogP contribution >= 0.6 is 12.2 Å². The molecule has 1 heterocycles. The third-order valence-electron chi connectivity index (χ3n) is 3.82. The summed E-state index contributed by atoms with van der Waals surface area (Å²) in [4.78, 5) is 3.21. The van der Waals surface area contributed by atoms with Gasteiger partial charge in [-0.3, -0.25) is 0 Å². The number of aromatic amines is 1. The maximum atomic E-state index is 9.02. The van der Waals surface area contributed by atoms with Gasteiger partial charge in [-0.1, -0.05) is 39.5 Å². The van der Waals surface area contributed by atoms with Gasteiger partial charge in [0.2, 0.25) is 0 Å². The molecule has 0 spiro atoms. The molecule has 0 radical (unpaired) electrons. The Hall–Kier alpha value is -1.60. The zero-order valence-corrected chi connectivity index (χ0v) is 13.7. The van der Waals surface area contributed by atoms with E-state index < -0.39 is 0 Å². The van der Waals surface area contributed by atoms with Crippen LogP contribution in [0.25, 0.3) is 11.0 Å². The molecule has 0 aliphatic rings. The first-order chi connectivity index (χ1) is 10.1. The first kappa shape index (κ1) is 15.8. The second-order valence-electron chi connectivity index (χ2n) is 6.02. The van der Waals surface area contributed by atoms with Crippen molar-refractivity contribution in [3.05, 3.63) is 28.5 Å². The zero-order chi connectivity index (χ0) is 15.2. The van der Waals surface area contributed by atoms with Crippen molar-refractivity contribution >= 4 is 23.3 Å². The van der Waals surface area contributed by atoms with Gasteiger partial charge < -0.3 is 9.55 Å². The largest absolute Gasteiger partial charge is 0.331 e. The topological polar surface area (TPSA) is 44.5 Å². The molecule has 3 nitrogen and oxygen atoms in total. The van der Waals surface area contributed by atoms with Crippen LogP contribution in [0.4, 0.5) is 0 Å². The monoisotopic (exact) mass is 301 g/mol. The summed E-state index contributed by atoms with van der Waals surface area (Å²) in [6.07, 6.45) is 6.29. The SMILES string of the molecule is CC(C)CCCCCCn1c(=S)[nH]c2ccc(C#N)cc21. The van der Waals surface area contributed by atoms with Crippen LogP contribution in [0.5, 0.6) is 0 Å². The van der Waals surface area contributed by atoms with E-state index in [0.29, 0.717) is 5.56 Å². The highest BCUT2D eigenvalue weighted by atomic mass is 32.1. The number of unbranched alkanes of at least 4 members (excludes halogenated alkanes) is 3. The summed E-state index contributed by atoms with van der Waals surface area (Å²) in [5.74, 6) is 0.802. The fourth-order valence-electron chi connectivity index (χ4n) is 2.62. The lowest BCUT2D eigenvalue weighted by atomic mass is 10.0. The molecular weight excluding hydrogens is 278 g/mol. The average Bonchev–Trinajstić information content (AvgIpc) is 2.77. The number of aromatic nitrogens is 2. The number of benzene rings is 1. The Bertz CT molecular complexity index is 688. The van der Waals surface area contributed by atoms with Crippen molar-refractivity contribution in [3.8, 4) is 6.07 Å². The van der Waals surface area contributed by atoms with Gasteiger partial charge in [-0.05, 0) is 42.8 Å². The molecule has 21 heavy (non-hydrogen) atoms. The van der Waals surface area contributed by atoms with Crippen LogP contribution in [-0.4, -0.2) is 9.55 Å². The third-order valence-corrected chi connectivity index (χ3v) is 4.14. The number of fused-ring (bicyclic) bond motifs is 1. The molecule has 0 saturated carbocycles. The van der Waals surface area contributed by atoms with Gasteiger partial charge in [0.25, 0.3) is 0 Å². The van der Waals surface area contributed by atoms with E-state index in [0.717, 1.165) is 34.7 Å². The lowest BCUT2D eigenvalue weighted by Crippen LogP contribution is -1.98. The average molecular weight is 301 g/mol. The molecule has 0 aliphatic heterocycles. The number of nitrogens with zero attached hydrogens (tertiary/aromatic N) is 2. The fourth-order valence-corrected chi connectivity index (χ4v) is 2.92. The van der Waals surface area contributed by atoms with E-state index in [9.17, 15) is 0 Å². The number of imidazole rings is 1. The molecule has 0 unspecified atom stereocenters. The normalized spacial score (nSPS) is 11.1. The van der Waals surface area contributed by atoms with Gasteiger partial charge in [0.1, 0.15) is 0 Å². The van der Waals surface area contributed by atoms with Crippen LogP contribution in [0, 0.1) is 22.0 Å². The van der Waals surface area contributed by atoms with E-state index in [1.807, 2.05) is 18.2 Å². The minimum absolute atomic E-state index is 0.683. The van der Waals surface area contributed by atoms with E-state index in [2.05, 4.69) is 29.5 Å². The second kappa shape index (κ2) is 7.42. The number of H-pyrrole nitrogens is 1. The van der Waals surface area contributed by atoms with Gasteiger partial charge in [0, 0.05) is 6.54 Å². The molecule has 0 atom stereocenters. The van der Waals surface area contributed by atoms with Gasteiger partial charge >= 0.3 is 0 Å². The third kappa shape index (κ3) is 4.18. The Morgan fingerprint density at radius 3 is 2.71 bits per heavy atom. The molecule has 0 aliphatic carbocycles. The summed E-state index contributed by atoms with van der Waals surface area (Å²) in [7, 11) is 0. The molecule has 2 aromatic rings. The Kier molecular flexibility index (Phi) is 5.58. The molecule has 1 N–H and O–H groups in total. The summed E-state index contributed by atoms with van der Waals surface area (Å²) in [5.41, 5.74) is 2.74. The molecule has 1 aromatic heterocycles. The Morgan fingerprint density at radius 1 is 1.24 bits per heavy atom. The zero-order valence-electron chi connectivity index (χ0n) is 12.9. The van der Waals surface area contributed by atoms with Crippen molar-refractivity contribution in [2.24, 2.45) is 5.92 Å². The van der Waals surface area contributed by atoms with Crippen LogP contribution < -0.4 is 0 Å². The Labute approximate surface area is 131 Å². The molecule has 1 aromatic carbocycles. The van der Waals surface area contributed by atoms with E-state index in [-0.39, 0.29) is 0 Å². The summed E-state index contributed by atoms with van der Waals surface area (Å²) >= 11 is 5.39. The number of hydrogen-bond donors (Lipinski definition) is 1. The van der Waals surface area contributed by atoms with Crippen LogP contribution in [-0.2, 0) is 6.54 Å². The first-order valence-electron chi connectivity index (χ1n) is 7.74. The fraction of sp³-hybridized carbons (Fsp3) is 0.529. The van der Waals surface area contributed by atoms with Crippen molar-refractivity contribution in [1.29, 1.82) is 5.26 Å². The van der Waals surface area contributed by atoms with Crippen LogP contribution in [0.2, 0.25) is 0 Å². The van der Waals surface area contributed by atoms with Crippen molar-refractivity contribution in [3.63, 3.8) is 0 Å². The Balaban J connectivity index is 1.97. The Morgan fingerprint density at radius 2 is 2.00 bits per heavy atom. The van der Waals surface area contributed by atoms with Crippen molar-refractivity contribution in [2.75, 3.05) is 0 Å². The predicted octanol–water partition coefficient (Wildman–Crippen LogP) is 5.18. The maximum Gasteiger partial charge on any atom is 0.178 e. The van der Waals surface area contributed by atoms with Crippen molar-refractivity contribution < 1.29 is 0 Å². The van der Waals surface area contributed by atoms with Gasteiger partial charge in [-0.2, -0.15) is 5.26 Å². The van der Waals surface area contributed by atoms with Gasteiger partial charge in [0.15, 0.2) is 4.77 Å². The summed E-state index contributed by atoms with van der Waals surface area (Å²) in [6, 6.07) is 7.86. The number of rotatable bonds is 7. The van der Waals surface area contributed by atoms with Crippen LogP contribution in [0.1, 0.15) is 51.5 Å². The molecule has 0 amide bonds. The molecule has 2 rings (SSSR count). The van der Waals surface area contributed by atoms with Gasteiger partial charge in [-0.15, -0.1) is 0 Å². The predicted molar refractivity (Wildman–Crippen MR) is 89.8 cm³/mol. The van der Waals surface area contributed by atoms with Crippen LogP contribution in [0.15, 0.2) is 18.2 Å². The molecule has 112 valence electrons. The summed E-state index contributed by atoms with van der Waals surface area (Å²) in [6.45, 7) is 5.48. The molecule has 0 bridgehead atoms. The van der Waals surface area contributed by atoms with Gasteiger partial charge in [0.05, 0.1) is 22.7 Å². The maximum absolute atomic E-state index is 9.02. The smallest absolute Gasteiger partial charge is 0.178 e. The summed E-state index contributed by atoms with van der Waals surface area (Å²) < 4.78 is 2.87. The number of nitriles is 1. The van der Waals surface area contributed by atoms with E-state index in [1.54, 1.807) is 0 Å². The number of nitrogens with one attached hydrogen (secondary N) is 1.